The summed E-state index contributed by atoms with van der Waals surface area (Å²) < 4.78 is 27.1. The molecule has 4 saturated carbocycles. The molecule has 1 amide bonds. The molecule has 0 saturated heterocycles. The number of carbonyl (C=O) groups excluding carboxylic acids is 1. The number of halogens is 1. The van der Waals surface area contributed by atoms with E-state index in [9.17, 15) is 13.2 Å². The molecule has 0 atom stereocenters. The van der Waals surface area contributed by atoms with Crippen molar-refractivity contribution in [1.29, 1.82) is 0 Å². The standard InChI is InChI=1S/C26H30BrN3O3S/c1-34(32,33)30(17-25(31)29-28-16-18-2-6-23(27)7-3-18)24-8-4-22(5-9-24)26-13-19-10-20(14-26)12-21(11-19)15-26/h2-9,16,19-21H,10-15,17H2,1H3,(H,29,31)/b28-16-. The average Bonchev–Trinajstić information content (AvgIpc) is 2.77. The van der Waals surface area contributed by atoms with Gasteiger partial charge in [-0.15, -0.1) is 0 Å². The molecule has 0 spiro atoms. The van der Waals surface area contributed by atoms with Crippen molar-refractivity contribution in [3.8, 4) is 0 Å². The highest BCUT2D eigenvalue weighted by Crippen LogP contribution is 2.60. The minimum atomic E-state index is -3.64. The van der Waals surface area contributed by atoms with Gasteiger partial charge in [0.2, 0.25) is 10.0 Å². The molecule has 4 bridgehead atoms. The van der Waals surface area contributed by atoms with Gasteiger partial charge in [0.05, 0.1) is 18.2 Å². The highest BCUT2D eigenvalue weighted by atomic mass is 79.9. The summed E-state index contributed by atoms with van der Waals surface area (Å²) in [6.45, 7) is -0.326. The fraction of sp³-hybridized carbons (Fsp3) is 0.462. The minimum absolute atomic E-state index is 0.252. The smallest absolute Gasteiger partial charge is 0.260 e. The number of rotatable bonds is 7. The van der Waals surface area contributed by atoms with Gasteiger partial charge in [0.25, 0.3) is 5.91 Å². The summed E-state index contributed by atoms with van der Waals surface area (Å²) in [4.78, 5) is 12.5. The van der Waals surface area contributed by atoms with E-state index in [0.717, 1.165) is 38.4 Å². The van der Waals surface area contributed by atoms with Crippen molar-refractivity contribution in [2.24, 2.45) is 22.9 Å². The van der Waals surface area contributed by atoms with Gasteiger partial charge in [0.1, 0.15) is 6.54 Å². The lowest BCUT2D eigenvalue weighted by Gasteiger charge is -2.57. The van der Waals surface area contributed by atoms with Crippen molar-refractivity contribution in [3.63, 3.8) is 0 Å². The first-order valence-electron chi connectivity index (χ1n) is 11.9. The van der Waals surface area contributed by atoms with Crippen LogP contribution in [0.15, 0.2) is 58.1 Å². The topological polar surface area (TPSA) is 78.8 Å². The van der Waals surface area contributed by atoms with Gasteiger partial charge in [-0.3, -0.25) is 9.10 Å². The monoisotopic (exact) mass is 543 g/mol. The molecule has 180 valence electrons. The number of hydrazone groups is 1. The zero-order valence-electron chi connectivity index (χ0n) is 19.3. The molecule has 4 aliphatic rings. The van der Waals surface area contributed by atoms with Crippen LogP contribution in [0.3, 0.4) is 0 Å². The Morgan fingerprint density at radius 3 is 2.12 bits per heavy atom. The van der Waals surface area contributed by atoms with E-state index < -0.39 is 15.9 Å². The molecule has 0 aromatic heterocycles. The van der Waals surface area contributed by atoms with E-state index in [2.05, 4.69) is 38.6 Å². The molecule has 4 fully saturated rings. The summed E-state index contributed by atoms with van der Waals surface area (Å²) in [5.74, 6) is 2.05. The second-order valence-corrected chi connectivity index (χ2v) is 13.2. The fourth-order valence-corrected chi connectivity index (χ4v) is 7.86. The van der Waals surface area contributed by atoms with Crippen LogP contribution < -0.4 is 9.73 Å². The molecule has 0 unspecified atom stereocenters. The van der Waals surface area contributed by atoms with Gasteiger partial charge in [-0.1, -0.05) is 40.2 Å². The van der Waals surface area contributed by atoms with Crippen LogP contribution >= 0.6 is 15.9 Å². The van der Waals surface area contributed by atoms with Crippen molar-refractivity contribution < 1.29 is 13.2 Å². The molecule has 34 heavy (non-hydrogen) atoms. The van der Waals surface area contributed by atoms with Crippen LogP contribution in [-0.4, -0.2) is 33.3 Å². The van der Waals surface area contributed by atoms with E-state index >= 15 is 0 Å². The van der Waals surface area contributed by atoms with E-state index in [0.29, 0.717) is 5.69 Å². The largest absolute Gasteiger partial charge is 0.271 e. The quantitative estimate of drug-likeness (QED) is 0.401. The molecule has 8 heteroatoms. The lowest BCUT2D eigenvalue weighted by atomic mass is 9.48. The Hall–Kier alpha value is -2.19. The van der Waals surface area contributed by atoms with E-state index in [1.807, 2.05) is 36.4 Å². The summed E-state index contributed by atoms with van der Waals surface area (Å²) >= 11 is 3.37. The third kappa shape index (κ3) is 4.93. The maximum Gasteiger partial charge on any atom is 0.260 e. The van der Waals surface area contributed by atoms with Crippen molar-refractivity contribution in [2.75, 3.05) is 17.1 Å². The second kappa shape index (κ2) is 9.11. The van der Waals surface area contributed by atoms with Crippen LogP contribution in [0.25, 0.3) is 0 Å². The fourth-order valence-electron chi connectivity index (χ4n) is 6.74. The van der Waals surface area contributed by atoms with Gasteiger partial charge in [-0.25, -0.2) is 13.8 Å². The third-order valence-corrected chi connectivity index (χ3v) is 9.44. The van der Waals surface area contributed by atoms with Gasteiger partial charge < -0.3 is 0 Å². The summed E-state index contributed by atoms with van der Waals surface area (Å²) in [7, 11) is -3.64. The second-order valence-electron chi connectivity index (χ2n) is 10.4. The zero-order valence-corrected chi connectivity index (χ0v) is 21.7. The van der Waals surface area contributed by atoms with Crippen molar-refractivity contribution in [2.45, 2.75) is 43.9 Å². The van der Waals surface area contributed by atoms with E-state index in [1.165, 1.54) is 50.3 Å². The Morgan fingerprint density at radius 1 is 1.03 bits per heavy atom. The van der Waals surface area contributed by atoms with Crippen molar-refractivity contribution >= 4 is 43.8 Å². The first-order chi connectivity index (χ1) is 16.2. The number of nitrogens with zero attached hydrogens (tertiary/aromatic N) is 2. The van der Waals surface area contributed by atoms with E-state index in [4.69, 9.17) is 0 Å². The van der Waals surface area contributed by atoms with Crippen LogP contribution in [0.2, 0.25) is 0 Å². The number of carbonyl (C=O) groups is 1. The SMILES string of the molecule is CS(=O)(=O)N(CC(=O)N/N=C\c1ccc(Br)cc1)c1ccc(C23CC4CC(CC(C4)C2)C3)cc1. The summed E-state index contributed by atoms with van der Waals surface area (Å²) in [6, 6.07) is 15.3. The molecule has 1 N–H and O–H groups in total. The predicted octanol–water partition coefficient (Wildman–Crippen LogP) is 4.83. The summed E-state index contributed by atoms with van der Waals surface area (Å²) in [5, 5.41) is 3.96. The normalized spacial score (nSPS) is 27.8. The molecule has 4 aliphatic carbocycles. The van der Waals surface area contributed by atoms with Gasteiger partial charge >= 0.3 is 0 Å². The molecule has 6 rings (SSSR count). The summed E-state index contributed by atoms with van der Waals surface area (Å²) in [6.07, 6.45) is 10.6. The number of anilines is 1. The predicted molar refractivity (Wildman–Crippen MR) is 138 cm³/mol. The number of hydrogen-bond acceptors (Lipinski definition) is 4. The minimum Gasteiger partial charge on any atom is -0.271 e. The number of benzene rings is 2. The zero-order chi connectivity index (χ0) is 23.9. The van der Waals surface area contributed by atoms with Crippen LogP contribution in [0.5, 0.6) is 0 Å². The Kier molecular flexibility index (Phi) is 6.31. The van der Waals surface area contributed by atoms with Gasteiger partial charge in [0.15, 0.2) is 0 Å². The van der Waals surface area contributed by atoms with Crippen LogP contribution in [-0.2, 0) is 20.2 Å². The van der Waals surface area contributed by atoms with Crippen LogP contribution in [0.4, 0.5) is 5.69 Å². The molecular weight excluding hydrogens is 514 g/mol. The first kappa shape index (κ1) is 23.5. The average molecular weight is 545 g/mol. The van der Waals surface area contributed by atoms with Crippen LogP contribution in [0, 0.1) is 17.8 Å². The Bertz CT molecular complexity index is 1160. The molecule has 2 aromatic rings. The first-order valence-corrected chi connectivity index (χ1v) is 14.5. The molecule has 2 aromatic carbocycles. The number of hydrogen-bond donors (Lipinski definition) is 1. The highest BCUT2D eigenvalue weighted by Gasteiger charge is 2.51. The Labute approximate surface area is 210 Å². The number of nitrogens with one attached hydrogen (secondary N) is 1. The lowest BCUT2D eigenvalue weighted by Crippen LogP contribution is -2.48. The summed E-state index contributed by atoms with van der Waals surface area (Å²) in [5.41, 5.74) is 5.34. The van der Waals surface area contributed by atoms with E-state index in [-0.39, 0.29) is 12.0 Å². The van der Waals surface area contributed by atoms with E-state index in [1.54, 1.807) is 0 Å². The number of sulfonamides is 1. The molecular formula is C26H30BrN3O3S. The van der Waals surface area contributed by atoms with Crippen LogP contribution in [0.1, 0.15) is 49.7 Å². The van der Waals surface area contributed by atoms with Crippen molar-refractivity contribution in [3.05, 3.63) is 64.1 Å². The molecule has 0 heterocycles. The van der Waals surface area contributed by atoms with Gasteiger partial charge in [-0.2, -0.15) is 5.10 Å². The highest BCUT2D eigenvalue weighted by molar-refractivity contribution is 9.10. The Morgan fingerprint density at radius 2 is 1.59 bits per heavy atom. The van der Waals surface area contributed by atoms with Gasteiger partial charge in [0, 0.05) is 4.47 Å². The number of amides is 1. The van der Waals surface area contributed by atoms with Crippen molar-refractivity contribution in [1.82, 2.24) is 5.43 Å². The lowest BCUT2D eigenvalue weighted by molar-refractivity contribution is -0.119. The van der Waals surface area contributed by atoms with Gasteiger partial charge in [-0.05, 0) is 97.1 Å². The third-order valence-electron chi connectivity index (χ3n) is 7.77. The maximum atomic E-state index is 12.5. The molecule has 6 nitrogen and oxygen atoms in total. The molecule has 0 aliphatic heterocycles. The Balaban J connectivity index is 1.28. The maximum absolute atomic E-state index is 12.5. The molecule has 0 radical (unpaired) electrons.